The lowest BCUT2D eigenvalue weighted by Gasteiger charge is -2.08. The van der Waals surface area contributed by atoms with Gasteiger partial charge in [-0.2, -0.15) is 0 Å². The highest BCUT2D eigenvalue weighted by Crippen LogP contribution is 2.33. The molecule has 0 spiro atoms. The third kappa shape index (κ3) is 4.87. The number of thioether (sulfide) groups is 1. The van der Waals surface area contributed by atoms with E-state index in [1.54, 1.807) is 7.11 Å². The Morgan fingerprint density at radius 2 is 1.93 bits per heavy atom. The molecule has 1 N–H and O–H groups in total. The van der Waals surface area contributed by atoms with Gasteiger partial charge in [0.1, 0.15) is 5.75 Å². The number of aryl methyl sites for hydroxylation is 1. The second kappa shape index (κ2) is 9.01. The summed E-state index contributed by atoms with van der Waals surface area (Å²) >= 11 is 2.84. The number of benzene rings is 2. The minimum Gasteiger partial charge on any atom is -0.495 e. The fourth-order valence-electron chi connectivity index (χ4n) is 2.52. The lowest BCUT2D eigenvalue weighted by molar-refractivity contribution is 0.0994. The Labute approximate surface area is 167 Å². The van der Waals surface area contributed by atoms with Crippen molar-refractivity contribution in [2.45, 2.75) is 29.9 Å². The van der Waals surface area contributed by atoms with Gasteiger partial charge in [0.15, 0.2) is 10.1 Å². The molecule has 1 atom stereocenters. The summed E-state index contributed by atoms with van der Waals surface area (Å²) in [6.45, 7) is 4.00. The van der Waals surface area contributed by atoms with Crippen molar-refractivity contribution in [3.05, 3.63) is 59.7 Å². The van der Waals surface area contributed by atoms with Crippen LogP contribution in [-0.4, -0.2) is 28.3 Å². The fraction of sp³-hybridized carbons (Fsp3) is 0.250. The molecular formula is C20H21N3O2S2. The second-order valence-electron chi connectivity index (χ2n) is 5.87. The Hall–Kier alpha value is -2.38. The number of hydrogen-bond donors (Lipinski definition) is 1. The van der Waals surface area contributed by atoms with Crippen LogP contribution in [0.4, 0.5) is 10.8 Å². The average Bonchev–Trinajstić information content (AvgIpc) is 3.14. The van der Waals surface area contributed by atoms with E-state index in [0.717, 1.165) is 27.8 Å². The molecule has 1 heterocycles. The van der Waals surface area contributed by atoms with Crippen LogP contribution in [0.2, 0.25) is 0 Å². The second-order valence-corrected chi connectivity index (χ2v) is 8.44. The number of nitrogens with one attached hydrogen (secondary N) is 1. The number of hydrogen-bond acceptors (Lipinski definition) is 7. The average molecular weight is 400 g/mol. The Kier molecular flexibility index (Phi) is 6.47. The number of rotatable bonds is 8. The first-order valence-electron chi connectivity index (χ1n) is 8.64. The molecule has 27 heavy (non-hydrogen) atoms. The molecule has 0 aliphatic rings. The number of aromatic nitrogens is 2. The van der Waals surface area contributed by atoms with E-state index in [-0.39, 0.29) is 11.0 Å². The summed E-state index contributed by atoms with van der Waals surface area (Å²) in [5.41, 5.74) is 2.78. The Morgan fingerprint density at radius 1 is 1.19 bits per heavy atom. The van der Waals surface area contributed by atoms with Gasteiger partial charge in [0.25, 0.3) is 0 Å². The molecule has 7 heteroatoms. The molecule has 1 aromatic heterocycles. The van der Waals surface area contributed by atoms with E-state index < -0.39 is 0 Å². The summed E-state index contributed by atoms with van der Waals surface area (Å²) in [4.78, 5) is 12.6. The molecule has 140 valence electrons. The topological polar surface area (TPSA) is 64.1 Å². The maximum atomic E-state index is 12.6. The third-order valence-corrected chi connectivity index (χ3v) is 6.07. The third-order valence-electron chi connectivity index (χ3n) is 4.05. The first kappa shape index (κ1) is 19.4. The molecule has 0 fully saturated rings. The molecule has 0 aliphatic carbocycles. The van der Waals surface area contributed by atoms with Crippen LogP contribution in [0.5, 0.6) is 5.75 Å². The van der Waals surface area contributed by atoms with E-state index in [4.69, 9.17) is 4.74 Å². The maximum absolute atomic E-state index is 12.6. The largest absolute Gasteiger partial charge is 0.495 e. The normalized spacial score (nSPS) is 11.8. The highest BCUT2D eigenvalue weighted by Gasteiger charge is 2.19. The lowest BCUT2D eigenvalue weighted by atomic mass is 10.1. The molecule has 0 unspecified atom stereocenters. The number of ether oxygens (including phenoxy) is 1. The van der Waals surface area contributed by atoms with Crippen molar-refractivity contribution >= 4 is 39.7 Å². The van der Waals surface area contributed by atoms with Gasteiger partial charge in [-0.1, -0.05) is 66.4 Å². The van der Waals surface area contributed by atoms with Gasteiger partial charge in [-0.25, -0.2) is 0 Å². The molecule has 3 rings (SSSR count). The van der Waals surface area contributed by atoms with Crippen LogP contribution in [0.25, 0.3) is 0 Å². The number of nitrogens with zero attached hydrogens (tertiary/aromatic N) is 2. The summed E-state index contributed by atoms with van der Waals surface area (Å²) in [6.07, 6.45) is 0.964. The van der Waals surface area contributed by atoms with Crippen molar-refractivity contribution in [2.75, 3.05) is 12.4 Å². The SMILES string of the molecule is CCc1ccc(C(=O)[C@H](C)Sc2nnc(Nc3ccccc3OC)s2)cc1. The van der Waals surface area contributed by atoms with Crippen LogP contribution in [-0.2, 0) is 6.42 Å². The number of carbonyl (C=O) groups excluding carboxylic acids is 1. The van der Waals surface area contributed by atoms with E-state index in [2.05, 4.69) is 22.4 Å². The van der Waals surface area contributed by atoms with Crippen molar-refractivity contribution in [3.8, 4) is 5.75 Å². The Bertz CT molecular complexity index is 910. The number of ketones is 1. The van der Waals surface area contributed by atoms with Crippen molar-refractivity contribution in [1.29, 1.82) is 0 Å². The zero-order valence-corrected chi connectivity index (χ0v) is 17.1. The van der Waals surface area contributed by atoms with Gasteiger partial charge in [0, 0.05) is 5.56 Å². The predicted molar refractivity (Wildman–Crippen MR) is 112 cm³/mol. The summed E-state index contributed by atoms with van der Waals surface area (Å²) in [7, 11) is 1.63. The molecule has 0 aliphatic heterocycles. The van der Waals surface area contributed by atoms with Gasteiger partial charge in [-0.05, 0) is 31.0 Å². The predicted octanol–water partition coefficient (Wildman–Crippen LogP) is 5.22. The number of methoxy groups -OCH3 is 1. The molecule has 0 radical (unpaired) electrons. The Morgan fingerprint density at radius 3 is 2.63 bits per heavy atom. The summed E-state index contributed by atoms with van der Waals surface area (Å²) in [6, 6.07) is 15.4. The molecule has 0 saturated carbocycles. The van der Waals surface area contributed by atoms with Crippen LogP contribution >= 0.6 is 23.1 Å². The van der Waals surface area contributed by atoms with E-state index in [0.29, 0.717) is 5.13 Å². The van der Waals surface area contributed by atoms with Crippen molar-refractivity contribution in [2.24, 2.45) is 0 Å². The van der Waals surface area contributed by atoms with Gasteiger partial charge < -0.3 is 10.1 Å². The number of Topliss-reactive ketones (excluding diaryl/α,β-unsaturated/α-hetero) is 1. The van der Waals surface area contributed by atoms with Gasteiger partial charge in [-0.3, -0.25) is 4.79 Å². The van der Waals surface area contributed by atoms with Gasteiger partial charge in [-0.15, -0.1) is 10.2 Å². The van der Waals surface area contributed by atoms with E-state index in [1.807, 2.05) is 55.5 Å². The number of para-hydroxylation sites is 2. The van der Waals surface area contributed by atoms with Crippen molar-refractivity contribution < 1.29 is 9.53 Å². The van der Waals surface area contributed by atoms with Gasteiger partial charge >= 0.3 is 0 Å². The molecule has 0 bridgehead atoms. The minimum absolute atomic E-state index is 0.0945. The van der Waals surface area contributed by atoms with Crippen molar-refractivity contribution in [3.63, 3.8) is 0 Å². The summed E-state index contributed by atoms with van der Waals surface area (Å²) < 4.78 is 6.08. The molecule has 0 saturated heterocycles. The van der Waals surface area contributed by atoms with E-state index in [9.17, 15) is 4.79 Å². The minimum atomic E-state index is -0.232. The fourth-order valence-corrected chi connectivity index (χ4v) is 4.50. The van der Waals surface area contributed by atoms with E-state index in [1.165, 1.54) is 28.7 Å². The summed E-state index contributed by atoms with van der Waals surface area (Å²) in [5.74, 6) is 0.832. The van der Waals surface area contributed by atoms with Crippen LogP contribution in [0.1, 0.15) is 29.8 Å². The van der Waals surface area contributed by atoms with Crippen molar-refractivity contribution in [1.82, 2.24) is 10.2 Å². The first-order valence-corrected chi connectivity index (χ1v) is 10.3. The Balaban J connectivity index is 1.65. The standard InChI is InChI=1S/C20H21N3O2S2/c1-4-14-9-11-15(12-10-14)18(24)13(2)26-20-23-22-19(27-20)21-16-7-5-6-8-17(16)25-3/h5-13H,4H2,1-3H3,(H,21,22)/t13-/m0/s1. The number of anilines is 2. The highest BCUT2D eigenvalue weighted by atomic mass is 32.2. The quantitative estimate of drug-likeness (QED) is 0.414. The molecule has 5 nitrogen and oxygen atoms in total. The van der Waals surface area contributed by atoms with Crippen LogP contribution in [0, 0.1) is 0 Å². The zero-order valence-electron chi connectivity index (χ0n) is 15.4. The highest BCUT2D eigenvalue weighted by molar-refractivity contribution is 8.02. The van der Waals surface area contributed by atoms with Gasteiger partial charge in [0.2, 0.25) is 5.13 Å². The maximum Gasteiger partial charge on any atom is 0.210 e. The molecular weight excluding hydrogens is 378 g/mol. The first-order chi connectivity index (χ1) is 13.1. The van der Waals surface area contributed by atoms with Crippen LogP contribution in [0.3, 0.4) is 0 Å². The monoisotopic (exact) mass is 399 g/mol. The van der Waals surface area contributed by atoms with E-state index >= 15 is 0 Å². The smallest absolute Gasteiger partial charge is 0.210 e. The molecule has 0 amide bonds. The molecule has 3 aromatic rings. The zero-order chi connectivity index (χ0) is 19.2. The van der Waals surface area contributed by atoms with Crippen LogP contribution in [0.15, 0.2) is 52.9 Å². The molecule has 2 aromatic carbocycles. The van der Waals surface area contributed by atoms with Crippen LogP contribution < -0.4 is 10.1 Å². The lowest BCUT2D eigenvalue weighted by Crippen LogP contribution is -2.13. The summed E-state index contributed by atoms with van der Waals surface area (Å²) in [5, 5.41) is 12.0. The number of carbonyl (C=O) groups is 1. The van der Waals surface area contributed by atoms with Gasteiger partial charge in [0.05, 0.1) is 18.0 Å².